The van der Waals surface area contributed by atoms with Crippen LogP contribution in [0.5, 0.6) is 0 Å². The number of nitrogens with zero attached hydrogens (tertiary/aromatic N) is 2. The van der Waals surface area contributed by atoms with E-state index in [-0.39, 0.29) is 5.91 Å². The van der Waals surface area contributed by atoms with E-state index in [0.29, 0.717) is 21.7 Å². The maximum Gasteiger partial charge on any atom is 0.328 e. The molecule has 0 aliphatic carbocycles. The molecule has 1 heterocycles. The normalized spacial score (nSPS) is 10.7. The number of benzene rings is 1. The SMILES string of the molecule is Cc1c(/C=C/C(=O)O)cccc1C(=O)Nc1cnns1. The largest absolute Gasteiger partial charge is 0.478 e. The van der Waals surface area contributed by atoms with Crippen LogP contribution in [0.1, 0.15) is 21.5 Å². The van der Waals surface area contributed by atoms with E-state index in [1.54, 1.807) is 25.1 Å². The Morgan fingerprint density at radius 1 is 1.40 bits per heavy atom. The first-order chi connectivity index (χ1) is 9.58. The summed E-state index contributed by atoms with van der Waals surface area (Å²) in [4.78, 5) is 22.7. The van der Waals surface area contributed by atoms with Crippen molar-refractivity contribution in [2.24, 2.45) is 0 Å². The number of rotatable bonds is 4. The van der Waals surface area contributed by atoms with Crippen molar-refractivity contribution in [3.63, 3.8) is 0 Å². The van der Waals surface area contributed by atoms with Crippen molar-refractivity contribution in [3.05, 3.63) is 47.2 Å². The number of carboxylic acid groups (broad SMARTS) is 1. The van der Waals surface area contributed by atoms with Crippen molar-refractivity contribution < 1.29 is 14.7 Å². The Hall–Kier alpha value is -2.54. The molecular weight excluding hydrogens is 278 g/mol. The average Bonchev–Trinajstić information content (AvgIpc) is 2.90. The Labute approximate surface area is 118 Å². The molecule has 2 rings (SSSR count). The Morgan fingerprint density at radius 3 is 2.85 bits per heavy atom. The van der Waals surface area contributed by atoms with Crippen LogP contribution < -0.4 is 5.32 Å². The van der Waals surface area contributed by atoms with Gasteiger partial charge in [0, 0.05) is 23.2 Å². The van der Waals surface area contributed by atoms with Gasteiger partial charge in [-0.25, -0.2) is 4.79 Å². The lowest BCUT2D eigenvalue weighted by molar-refractivity contribution is -0.131. The molecule has 20 heavy (non-hydrogen) atoms. The van der Waals surface area contributed by atoms with Gasteiger partial charge < -0.3 is 10.4 Å². The van der Waals surface area contributed by atoms with Gasteiger partial charge in [-0.1, -0.05) is 16.6 Å². The van der Waals surface area contributed by atoms with E-state index in [2.05, 4.69) is 14.9 Å². The van der Waals surface area contributed by atoms with E-state index < -0.39 is 5.97 Å². The first kappa shape index (κ1) is 13.9. The van der Waals surface area contributed by atoms with Crippen LogP contribution in [-0.4, -0.2) is 26.6 Å². The summed E-state index contributed by atoms with van der Waals surface area (Å²) in [7, 11) is 0. The predicted molar refractivity (Wildman–Crippen MR) is 75.7 cm³/mol. The lowest BCUT2D eigenvalue weighted by Gasteiger charge is -2.08. The lowest BCUT2D eigenvalue weighted by Crippen LogP contribution is -2.13. The van der Waals surface area contributed by atoms with Crippen molar-refractivity contribution in [1.82, 2.24) is 9.59 Å². The fraction of sp³-hybridized carbons (Fsp3) is 0.0769. The number of amides is 1. The summed E-state index contributed by atoms with van der Waals surface area (Å²) in [6, 6.07) is 5.13. The van der Waals surface area contributed by atoms with Crippen molar-refractivity contribution in [2.45, 2.75) is 6.92 Å². The molecule has 6 nitrogen and oxygen atoms in total. The number of aliphatic carboxylic acids is 1. The molecule has 7 heteroatoms. The topological polar surface area (TPSA) is 92.2 Å². The smallest absolute Gasteiger partial charge is 0.328 e. The van der Waals surface area contributed by atoms with Gasteiger partial charge in [-0.15, -0.1) is 5.10 Å². The third-order valence-corrected chi connectivity index (χ3v) is 3.20. The van der Waals surface area contributed by atoms with Crippen LogP contribution in [-0.2, 0) is 4.79 Å². The molecule has 1 aromatic heterocycles. The van der Waals surface area contributed by atoms with E-state index in [4.69, 9.17) is 5.11 Å². The molecule has 1 aromatic carbocycles. The minimum Gasteiger partial charge on any atom is -0.478 e. The number of aromatic nitrogens is 2. The second-order valence-corrected chi connectivity index (χ2v) is 4.71. The maximum absolute atomic E-state index is 12.1. The highest BCUT2D eigenvalue weighted by Gasteiger charge is 2.11. The van der Waals surface area contributed by atoms with E-state index in [1.165, 1.54) is 12.3 Å². The van der Waals surface area contributed by atoms with Crippen LogP contribution >= 0.6 is 11.5 Å². The van der Waals surface area contributed by atoms with Crippen LogP contribution in [0.4, 0.5) is 5.00 Å². The third-order valence-electron chi connectivity index (χ3n) is 2.62. The quantitative estimate of drug-likeness (QED) is 0.842. The zero-order chi connectivity index (χ0) is 14.5. The number of carboxylic acids is 1. The fourth-order valence-electron chi connectivity index (χ4n) is 1.64. The van der Waals surface area contributed by atoms with Gasteiger partial charge in [0.05, 0.1) is 6.20 Å². The van der Waals surface area contributed by atoms with E-state index in [9.17, 15) is 9.59 Å². The summed E-state index contributed by atoms with van der Waals surface area (Å²) in [6.07, 6.45) is 3.96. The average molecular weight is 289 g/mol. The number of carbonyl (C=O) groups is 2. The number of nitrogens with one attached hydrogen (secondary N) is 1. The van der Waals surface area contributed by atoms with Crippen LogP contribution in [0.2, 0.25) is 0 Å². The third kappa shape index (κ3) is 3.27. The first-order valence-electron chi connectivity index (χ1n) is 5.67. The van der Waals surface area contributed by atoms with Crippen LogP contribution in [0.25, 0.3) is 6.08 Å². The summed E-state index contributed by atoms with van der Waals surface area (Å²) < 4.78 is 3.66. The summed E-state index contributed by atoms with van der Waals surface area (Å²) in [5.41, 5.74) is 1.87. The van der Waals surface area contributed by atoms with E-state index in [0.717, 1.165) is 17.6 Å². The molecule has 0 saturated heterocycles. The maximum atomic E-state index is 12.1. The minimum atomic E-state index is -1.03. The first-order valence-corrected chi connectivity index (χ1v) is 6.44. The standard InChI is InChI=1S/C13H11N3O3S/c1-8-9(5-6-12(17)18)3-2-4-10(8)13(19)15-11-7-14-16-20-11/h2-7H,1H3,(H,15,19)(H,17,18)/b6-5+. The van der Waals surface area contributed by atoms with Crippen molar-refractivity contribution in [1.29, 1.82) is 0 Å². The van der Waals surface area contributed by atoms with Gasteiger partial charge in [0.2, 0.25) is 0 Å². The zero-order valence-electron chi connectivity index (χ0n) is 10.5. The lowest BCUT2D eigenvalue weighted by atomic mass is 10.0. The van der Waals surface area contributed by atoms with Crippen LogP contribution in [0.3, 0.4) is 0 Å². The number of carbonyl (C=O) groups excluding carboxylic acids is 1. The molecule has 0 saturated carbocycles. The van der Waals surface area contributed by atoms with Gasteiger partial charge in [0.1, 0.15) is 5.00 Å². The van der Waals surface area contributed by atoms with Gasteiger partial charge in [-0.05, 0) is 30.2 Å². The highest BCUT2D eigenvalue weighted by molar-refractivity contribution is 7.10. The van der Waals surface area contributed by atoms with Gasteiger partial charge >= 0.3 is 5.97 Å². The summed E-state index contributed by atoms with van der Waals surface area (Å²) in [6.45, 7) is 1.77. The van der Waals surface area contributed by atoms with Gasteiger partial charge in [-0.2, -0.15) is 0 Å². The molecule has 0 unspecified atom stereocenters. The van der Waals surface area contributed by atoms with Crippen LogP contribution in [0, 0.1) is 6.92 Å². The monoisotopic (exact) mass is 289 g/mol. The Morgan fingerprint density at radius 2 is 2.20 bits per heavy atom. The number of hydrogen-bond acceptors (Lipinski definition) is 5. The Balaban J connectivity index is 2.26. The van der Waals surface area contributed by atoms with Crippen LogP contribution in [0.15, 0.2) is 30.5 Å². The molecular formula is C13H11N3O3S. The fourth-order valence-corrected chi connectivity index (χ4v) is 2.06. The van der Waals surface area contributed by atoms with Crippen molar-refractivity contribution in [3.8, 4) is 0 Å². The minimum absolute atomic E-state index is 0.279. The molecule has 0 spiro atoms. The molecule has 0 fully saturated rings. The number of anilines is 1. The molecule has 0 atom stereocenters. The zero-order valence-corrected chi connectivity index (χ0v) is 11.3. The molecule has 2 aromatic rings. The van der Waals surface area contributed by atoms with Gasteiger partial charge in [0.25, 0.3) is 5.91 Å². The summed E-state index contributed by atoms with van der Waals surface area (Å²) in [5, 5.41) is 15.5. The van der Waals surface area contributed by atoms with Crippen molar-refractivity contribution >= 4 is 34.5 Å². The molecule has 0 aliphatic rings. The van der Waals surface area contributed by atoms with E-state index in [1.807, 2.05) is 0 Å². The van der Waals surface area contributed by atoms with Gasteiger partial charge in [-0.3, -0.25) is 4.79 Å². The highest BCUT2D eigenvalue weighted by atomic mass is 32.1. The molecule has 1 amide bonds. The van der Waals surface area contributed by atoms with Gasteiger partial charge in [0.15, 0.2) is 0 Å². The highest BCUT2D eigenvalue weighted by Crippen LogP contribution is 2.18. The molecule has 2 N–H and O–H groups in total. The molecule has 0 radical (unpaired) electrons. The predicted octanol–water partition coefficient (Wildman–Crippen LogP) is 2.20. The van der Waals surface area contributed by atoms with Crippen molar-refractivity contribution in [2.75, 3.05) is 5.32 Å². The second kappa shape index (κ2) is 6.07. The van der Waals surface area contributed by atoms with E-state index >= 15 is 0 Å². The summed E-state index contributed by atoms with van der Waals surface area (Å²) >= 11 is 1.09. The molecule has 0 aliphatic heterocycles. The number of hydrogen-bond donors (Lipinski definition) is 2. The summed E-state index contributed by atoms with van der Waals surface area (Å²) in [5.74, 6) is -1.31. The molecule has 0 bridgehead atoms. The molecule has 102 valence electrons. The second-order valence-electron chi connectivity index (χ2n) is 3.93. The Bertz CT molecular complexity index is 666. The Kier molecular flexibility index (Phi) is 4.21.